The number of para-hydroxylation sites is 1. The molecule has 4 rings (SSSR count). The predicted molar refractivity (Wildman–Crippen MR) is 95.1 cm³/mol. The first-order chi connectivity index (χ1) is 11.6. The number of carbonyl (C=O) groups is 2. The van der Waals surface area contributed by atoms with E-state index in [1.165, 1.54) is 21.8 Å². The van der Waals surface area contributed by atoms with Gasteiger partial charge in [-0.15, -0.1) is 0 Å². The minimum Gasteiger partial charge on any atom is -0.274 e. The van der Waals surface area contributed by atoms with Crippen LogP contribution in [0.15, 0.2) is 48.5 Å². The van der Waals surface area contributed by atoms with Gasteiger partial charge in [-0.25, -0.2) is 9.88 Å². The van der Waals surface area contributed by atoms with Gasteiger partial charge in [0.15, 0.2) is 5.13 Å². The van der Waals surface area contributed by atoms with E-state index in [0.29, 0.717) is 11.6 Å². The smallest absolute Gasteiger partial charge is 0.239 e. The number of aryl methyl sites for hydroxylation is 1. The Morgan fingerprint density at radius 2 is 1.88 bits per heavy atom. The van der Waals surface area contributed by atoms with Crippen molar-refractivity contribution < 1.29 is 9.59 Å². The lowest BCUT2D eigenvalue weighted by Gasteiger charge is -2.11. The normalized spacial score (nSPS) is 17.9. The lowest BCUT2D eigenvalue weighted by Crippen LogP contribution is -2.30. The van der Waals surface area contributed by atoms with E-state index in [4.69, 9.17) is 0 Å². The number of rotatable bonds is 3. The fourth-order valence-corrected chi connectivity index (χ4v) is 4.01. The number of aromatic nitrogens is 1. The summed E-state index contributed by atoms with van der Waals surface area (Å²) in [4.78, 5) is 30.8. The highest BCUT2D eigenvalue weighted by Gasteiger charge is 2.40. The van der Waals surface area contributed by atoms with E-state index in [9.17, 15) is 9.59 Å². The molecule has 1 aliphatic heterocycles. The van der Waals surface area contributed by atoms with Crippen LogP contribution in [-0.2, 0) is 16.0 Å². The van der Waals surface area contributed by atoms with Crippen LogP contribution in [0.25, 0.3) is 10.2 Å². The average molecular weight is 336 g/mol. The minimum atomic E-state index is -0.299. The zero-order chi connectivity index (χ0) is 16.7. The highest BCUT2D eigenvalue weighted by Crippen LogP contribution is 2.34. The van der Waals surface area contributed by atoms with Crippen LogP contribution in [0.2, 0.25) is 0 Å². The summed E-state index contributed by atoms with van der Waals surface area (Å²) in [7, 11) is 0. The largest absolute Gasteiger partial charge is 0.274 e. The summed E-state index contributed by atoms with van der Waals surface area (Å²) in [6.45, 7) is 2.03. The molecule has 1 aliphatic rings. The van der Waals surface area contributed by atoms with E-state index in [2.05, 4.69) is 4.98 Å². The van der Waals surface area contributed by atoms with Gasteiger partial charge in [0.1, 0.15) is 0 Å². The number of fused-ring (bicyclic) bond motifs is 1. The first-order valence-corrected chi connectivity index (χ1v) is 8.71. The van der Waals surface area contributed by atoms with Crippen molar-refractivity contribution in [2.45, 2.75) is 19.8 Å². The number of benzene rings is 2. The molecule has 0 spiro atoms. The monoisotopic (exact) mass is 336 g/mol. The molecule has 2 amide bonds. The molecule has 5 heteroatoms. The summed E-state index contributed by atoms with van der Waals surface area (Å²) in [6.07, 6.45) is 0.842. The van der Waals surface area contributed by atoms with Crippen LogP contribution < -0.4 is 4.90 Å². The van der Waals surface area contributed by atoms with Crippen LogP contribution in [0.4, 0.5) is 5.13 Å². The molecule has 0 N–H and O–H groups in total. The third-order valence-corrected chi connectivity index (χ3v) is 5.34. The molecular weight excluding hydrogens is 320 g/mol. The average Bonchev–Trinajstić information content (AvgIpc) is 3.10. The second kappa shape index (κ2) is 5.83. The maximum absolute atomic E-state index is 12.7. The van der Waals surface area contributed by atoms with Gasteiger partial charge in [0.05, 0.1) is 16.1 Å². The van der Waals surface area contributed by atoms with Gasteiger partial charge < -0.3 is 0 Å². The Kier molecular flexibility index (Phi) is 3.65. The van der Waals surface area contributed by atoms with Gasteiger partial charge in [0.2, 0.25) is 11.8 Å². The summed E-state index contributed by atoms with van der Waals surface area (Å²) < 4.78 is 0.982. The Bertz CT molecular complexity index is 897. The molecule has 1 aromatic heterocycles. The van der Waals surface area contributed by atoms with Crippen molar-refractivity contribution in [1.29, 1.82) is 0 Å². The van der Waals surface area contributed by atoms with Crippen LogP contribution in [0.5, 0.6) is 0 Å². The number of anilines is 1. The van der Waals surface area contributed by atoms with Gasteiger partial charge in [0.25, 0.3) is 0 Å². The first kappa shape index (κ1) is 15.0. The topological polar surface area (TPSA) is 50.3 Å². The van der Waals surface area contributed by atoms with Gasteiger partial charge in [-0.2, -0.15) is 0 Å². The van der Waals surface area contributed by atoms with E-state index in [-0.39, 0.29) is 24.2 Å². The van der Waals surface area contributed by atoms with Crippen LogP contribution in [0.1, 0.15) is 17.5 Å². The van der Waals surface area contributed by atoms with E-state index < -0.39 is 0 Å². The molecule has 0 bridgehead atoms. The third-order valence-electron chi connectivity index (χ3n) is 4.32. The quantitative estimate of drug-likeness (QED) is 0.685. The van der Waals surface area contributed by atoms with Gasteiger partial charge in [-0.3, -0.25) is 9.59 Å². The molecule has 24 heavy (non-hydrogen) atoms. The molecule has 1 atom stereocenters. The molecule has 0 saturated carbocycles. The zero-order valence-electron chi connectivity index (χ0n) is 13.2. The molecule has 0 aliphatic carbocycles. The summed E-state index contributed by atoms with van der Waals surface area (Å²) in [5, 5.41) is 0.484. The zero-order valence-corrected chi connectivity index (χ0v) is 14.0. The Morgan fingerprint density at radius 3 is 2.62 bits per heavy atom. The molecule has 2 aromatic carbocycles. The highest BCUT2D eigenvalue weighted by atomic mass is 32.1. The molecule has 4 nitrogen and oxygen atoms in total. The fourth-order valence-electron chi connectivity index (χ4n) is 3.02. The molecule has 0 radical (unpaired) electrons. The van der Waals surface area contributed by atoms with Crippen molar-refractivity contribution in [3.63, 3.8) is 0 Å². The molecule has 1 fully saturated rings. The lowest BCUT2D eigenvalue weighted by atomic mass is 9.97. The Balaban J connectivity index is 1.60. The Hall–Kier alpha value is -2.53. The predicted octanol–water partition coefficient (Wildman–Crippen LogP) is 3.73. The summed E-state index contributed by atoms with van der Waals surface area (Å²) >= 11 is 1.39. The van der Waals surface area contributed by atoms with Gasteiger partial charge >= 0.3 is 0 Å². The lowest BCUT2D eigenvalue weighted by molar-refractivity contribution is -0.122. The van der Waals surface area contributed by atoms with Crippen molar-refractivity contribution >= 4 is 38.5 Å². The van der Waals surface area contributed by atoms with Crippen LogP contribution in [0.3, 0.4) is 0 Å². The SMILES string of the molecule is Cc1ccc(C[C@@H]2CC(=O)N(c3nc4ccccc4s3)C2=O)cc1. The minimum absolute atomic E-state index is 0.139. The van der Waals surface area contributed by atoms with E-state index >= 15 is 0 Å². The Morgan fingerprint density at radius 1 is 1.12 bits per heavy atom. The van der Waals surface area contributed by atoms with Gasteiger partial charge in [0, 0.05) is 6.42 Å². The number of carbonyl (C=O) groups excluding carboxylic acids is 2. The fraction of sp³-hybridized carbons (Fsp3) is 0.211. The third kappa shape index (κ3) is 2.61. The number of thiazole rings is 1. The van der Waals surface area contributed by atoms with Crippen molar-refractivity contribution in [2.75, 3.05) is 4.90 Å². The first-order valence-electron chi connectivity index (χ1n) is 7.90. The maximum atomic E-state index is 12.7. The summed E-state index contributed by atoms with van der Waals surface area (Å²) in [5.74, 6) is -0.594. The molecule has 2 heterocycles. The number of hydrogen-bond acceptors (Lipinski definition) is 4. The molecule has 120 valence electrons. The van der Waals surface area contributed by atoms with Crippen molar-refractivity contribution in [1.82, 2.24) is 4.98 Å². The van der Waals surface area contributed by atoms with Crippen molar-refractivity contribution in [3.05, 3.63) is 59.7 Å². The highest BCUT2D eigenvalue weighted by molar-refractivity contribution is 7.22. The molecule has 0 unspecified atom stereocenters. The summed E-state index contributed by atoms with van der Waals surface area (Å²) in [6, 6.07) is 15.8. The van der Waals surface area contributed by atoms with Crippen LogP contribution in [0, 0.1) is 12.8 Å². The second-order valence-electron chi connectivity index (χ2n) is 6.12. The molecule has 3 aromatic rings. The van der Waals surface area contributed by atoms with Crippen molar-refractivity contribution in [2.24, 2.45) is 5.92 Å². The summed E-state index contributed by atoms with van der Waals surface area (Å²) in [5.41, 5.74) is 3.08. The number of nitrogens with zero attached hydrogens (tertiary/aromatic N) is 2. The van der Waals surface area contributed by atoms with Crippen molar-refractivity contribution in [3.8, 4) is 0 Å². The van der Waals surface area contributed by atoms with E-state index in [1.807, 2.05) is 55.5 Å². The van der Waals surface area contributed by atoms with Gasteiger partial charge in [-0.1, -0.05) is 53.3 Å². The number of imide groups is 1. The van der Waals surface area contributed by atoms with E-state index in [0.717, 1.165) is 15.8 Å². The Labute approximate surface area is 143 Å². The van der Waals surface area contributed by atoms with E-state index in [1.54, 1.807) is 0 Å². The number of amides is 2. The molecule has 1 saturated heterocycles. The maximum Gasteiger partial charge on any atom is 0.239 e. The second-order valence-corrected chi connectivity index (χ2v) is 7.13. The standard InChI is InChI=1S/C19H16N2O2S/c1-12-6-8-13(9-7-12)10-14-11-17(22)21(18(14)23)19-20-15-4-2-3-5-16(15)24-19/h2-9,14H,10-11H2,1H3/t14-/m1/s1. The van der Waals surface area contributed by atoms with Gasteiger partial charge in [-0.05, 0) is 31.0 Å². The molecular formula is C19H16N2O2S. The van der Waals surface area contributed by atoms with Crippen LogP contribution >= 0.6 is 11.3 Å². The van der Waals surface area contributed by atoms with Crippen LogP contribution in [-0.4, -0.2) is 16.8 Å². The number of hydrogen-bond donors (Lipinski definition) is 0.